The fourth-order valence-corrected chi connectivity index (χ4v) is 1.99. The van der Waals surface area contributed by atoms with Crippen molar-refractivity contribution in [1.29, 1.82) is 0 Å². The van der Waals surface area contributed by atoms with Crippen LogP contribution in [0, 0.1) is 0 Å². The number of ether oxygens (including phenoxy) is 1. The molecule has 2 nitrogen and oxygen atoms in total. The molecule has 1 aromatic rings. The number of benzene rings is 1. The summed E-state index contributed by atoms with van der Waals surface area (Å²) < 4.78 is 5.64. The molecule has 0 aliphatic heterocycles. The van der Waals surface area contributed by atoms with Gasteiger partial charge in [-0.3, -0.25) is 0 Å². The third-order valence-corrected chi connectivity index (χ3v) is 3.14. The van der Waals surface area contributed by atoms with Crippen LogP contribution in [0.15, 0.2) is 30.3 Å². The van der Waals surface area contributed by atoms with Crippen LogP contribution in [0.4, 0.5) is 0 Å². The van der Waals surface area contributed by atoms with Gasteiger partial charge in [0.05, 0.1) is 0 Å². The van der Waals surface area contributed by atoms with Gasteiger partial charge in [0.1, 0.15) is 12.4 Å². The second kappa shape index (κ2) is 9.95. The molecule has 0 aliphatic carbocycles. The number of unbranched alkanes of at least 4 members (excludes halogenated alkanes) is 5. The second-order valence-corrected chi connectivity index (χ2v) is 4.94. The predicted octanol–water partition coefficient (Wildman–Crippen LogP) is 4.14. The van der Waals surface area contributed by atoms with Crippen LogP contribution in [0.3, 0.4) is 0 Å². The van der Waals surface area contributed by atoms with Gasteiger partial charge in [-0.15, -0.1) is 0 Å². The second-order valence-electron chi connectivity index (χ2n) is 4.94. The summed E-state index contributed by atoms with van der Waals surface area (Å²) in [6, 6.07) is 10.1. The molecular formula is C16H27NO. The van der Waals surface area contributed by atoms with E-state index in [-0.39, 0.29) is 6.04 Å². The number of rotatable bonds is 10. The Morgan fingerprint density at radius 3 is 2.39 bits per heavy atom. The topological polar surface area (TPSA) is 35.2 Å². The van der Waals surface area contributed by atoms with Crippen LogP contribution >= 0.6 is 0 Å². The van der Waals surface area contributed by atoms with Crippen LogP contribution < -0.4 is 10.5 Å². The van der Waals surface area contributed by atoms with Crippen LogP contribution in [0.5, 0.6) is 5.75 Å². The fourth-order valence-electron chi connectivity index (χ4n) is 1.99. The normalized spacial score (nSPS) is 12.3. The minimum atomic E-state index is 0.163. The maximum Gasteiger partial charge on any atom is 0.119 e. The van der Waals surface area contributed by atoms with Gasteiger partial charge in [-0.25, -0.2) is 0 Å². The van der Waals surface area contributed by atoms with Crippen LogP contribution in [-0.2, 0) is 0 Å². The van der Waals surface area contributed by atoms with Crippen molar-refractivity contribution in [3.05, 3.63) is 30.3 Å². The van der Waals surface area contributed by atoms with E-state index in [2.05, 4.69) is 6.92 Å². The van der Waals surface area contributed by atoms with E-state index in [1.807, 2.05) is 30.3 Å². The first kappa shape index (κ1) is 15.0. The first-order chi connectivity index (χ1) is 8.83. The Bertz CT molecular complexity index is 286. The average molecular weight is 249 g/mol. The molecule has 0 saturated heterocycles. The Morgan fingerprint density at radius 2 is 1.67 bits per heavy atom. The quantitative estimate of drug-likeness (QED) is 0.632. The van der Waals surface area contributed by atoms with Gasteiger partial charge in [-0.2, -0.15) is 0 Å². The monoisotopic (exact) mass is 249 g/mol. The summed E-state index contributed by atoms with van der Waals surface area (Å²) in [6.45, 7) is 2.87. The van der Waals surface area contributed by atoms with Crippen molar-refractivity contribution in [2.45, 2.75) is 57.9 Å². The molecule has 18 heavy (non-hydrogen) atoms. The molecule has 1 aromatic carbocycles. The fraction of sp³-hybridized carbons (Fsp3) is 0.625. The number of para-hydroxylation sites is 1. The van der Waals surface area contributed by atoms with Gasteiger partial charge in [0.15, 0.2) is 0 Å². The molecule has 1 atom stereocenters. The average Bonchev–Trinajstić information content (AvgIpc) is 2.41. The van der Waals surface area contributed by atoms with Gasteiger partial charge in [-0.1, -0.05) is 63.6 Å². The molecule has 0 heterocycles. The SMILES string of the molecule is CCCCCCCCC(N)COc1ccccc1. The molecular weight excluding hydrogens is 222 g/mol. The zero-order valence-electron chi connectivity index (χ0n) is 11.6. The first-order valence-corrected chi connectivity index (χ1v) is 7.26. The van der Waals surface area contributed by atoms with Gasteiger partial charge >= 0.3 is 0 Å². The zero-order valence-corrected chi connectivity index (χ0v) is 11.6. The lowest BCUT2D eigenvalue weighted by Gasteiger charge is -2.13. The summed E-state index contributed by atoms with van der Waals surface area (Å²) in [6.07, 6.45) is 8.99. The van der Waals surface area contributed by atoms with E-state index in [0.29, 0.717) is 6.61 Å². The highest BCUT2D eigenvalue weighted by Crippen LogP contribution is 2.11. The summed E-state index contributed by atoms with van der Waals surface area (Å²) in [7, 11) is 0. The van der Waals surface area contributed by atoms with Crippen molar-refractivity contribution in [3.8, 4) is 5.75 Å². The maximum absolute atomic E-state index is 6.04. The van der Waals surface area contributed by atoms with Crippen LogP contribution in [0.2, 0.25) is 0 Å². The van der Waals surface area contributed by atoms with Crippen molar-refractivity contribution >= 4 is 0 Å². The smallest absolute Gasteiger partial charge is 0.119 e. The van der Waals surface area contributed by atoms with Gasteiger partial charge in [0, 0.05) is 6.04 Å². The van der Waals surface area contributed by atoms with Gasteiger partial charge in [-0.05, 0) is 18.6 Å². The number of nitrogens with two attached hydrogens (primary N) is 1. The van der Waals surface area contributed by atoms with E-state index in [0.717, 1.165) is 12.2 Å². The van der Waals surface area contributed by atoms with Crippen molar-refractivity contribution in [3.63, 3.8) is 0 Å². The Labute approximate surface area is 112 Å². The highest BCUT2D eigenvalue weighted by molar-refractivity contribution is 5.20. The summed E-state index contributed by atoms with van der Waals surface area (Å²) in [5.41, 5.74) is 6.04. The van der Waals surface area contributed by atoms with Gasteiger partial charge in [0.2, 0.25) is 0 Å². The third kappa shape index (κ3) is 7.33. The molecule has 2 N–H and O–H groups in total. The van der Waals surface area contributed by atoms with E-state index >= 15 is 0 Å². The standard InChI is InChI=1S/C16H27NO/c1-2-3-4-5-6-8-11-15(17)14-18-16-12-9-7-10-13-16/h7,9-10,12-13,15H,2-6,8,11,14,17H2,1H3. The summed E-state index contributed by atoms with van der Waals surface area (Å²) in [4.78, 5) is 0. The first-order valence-electron chi connectivity index (χ1n) is 7.26. The molecule has 0 amide bonds. The van der Waals surface area contributed by atoms with Crippen molar-refractivity contribution < 1.29 is 4.74 Å². The molecule has 0 aromatic heterocycles. The van der Waals surface area contributed by atoms with E-state index in [1.165, 1.54) is 38.5 Å². The van der Waals surface area contributed by atoms with Gasteiger partial charge in [0.25, 0.3) is 0 Å². The largest absolute Gasteiger partial charge is 0.492 e. The minimum absolute atomic E-state index is 0.163. The Hall–Kier alpha value is -1.02. The van der Waals surface area contributed by atoms with Crippen molar-refractivity contribution in [2.75, 3.05) is 6.61 Å². The lowest BCUT2D eigenvalue weighted by atomic mass is 10.1. The molecule has 102 valence electrons. The van der Waals surface area contributed by atoms with E-state index in [9.17, 15) is 0 Å². The Morgan fingerprint density at radius 1 is 1.00 bits per heavy atom. The predicted molar refractivity (Wildman–Crippen MR) is 77.9 cm³/mol. The Balaban J connectivity index is 1.99. The summed E-state index contributed by atoms with van der Waals surface area (Å²) in [5, 5.41) is 0. The number of hydrogen-bond donors (Lipinski definition) is 1. The summed E-state index contributed by atoms with van der Waals surface area (Å²) in [5.74, 6) is 0.913. The maximum atomic E-state index is 6.04. The molecule has 1 unspecified atom stereocenters. The molecule has 0 aliphatic rings. The van der Waals surface area contributed by atoms with Crippen LogP contribution in [0.1, 0.15) is 51.9 Å². The highest BCUT2D eigenvalue weighted by atomic mass is 16.5. The zero-order chi connectivity index (χ0) is 13.1. The van der Waals surface area contributed by atoms with E-state index in [1.54, 1.807) is 0 Å². The van der Waals surface area contributed by atoms with Crippen molar-refractivity contribution in [2.24, 2.45) is 5.73 Å². The minimum Gasteiger partial charge on any atom is -0.492 e. The molecule has 0 fully saturated rings. The van der Waals surface area contributed by atoms with E-state index < -0.39 is 0 Å². The molecule has 2 heteroatoms. The summed E-state index contributed by atoms with van der Waals surface area (Å²) >= 11 is 0. The molecule has 0 radical (unpaired) electrons. The lowest BCUT2D eigenvalue weighted by Crippen LogP contribution is -2.27. The van der Waals surface area contributed by atoms with Crippen molar-refractivity contribution in [1.82, 2.24) is 0 Å². The molecule has 0 bridgehead atoms. The number of hydrogen-bond acceptors (Lipinski definition) is 2. The Kier molecular flexibility index (Phi) is 8.32. The van der Waals surface area contributed by atoms with Gasteiger partial charge < -0.3 is 10.5 Å². The molecule has 0 saturated carbocycles. The third-order valence-electron chi connectivity index (χ3n) is 3.14. The highest BCUT2D eigenvalue weighted by Gasteiger charge is 2.03. The lowest BCUT2D eigenvalue weighted by molar-refractivity contribution is 0.279. The van der Waals surface area contributed by atoms with Crippen LogP contribution in [0.25, 0.3) is 0 Å². The van der Waals surface area contributed by atoms with Crippen LogP contribution in [-0.4, -0.2) is 12.6 Å². The molecule has 0 spiro atoms. The van der Waals surface area contributed by atoms with E-state index in [4.69, 9.17) is 10.5 Å². The molecule has 1 rings (SSSR count).